The topological polar surface area (TPSA) is 16.4 Å². The summed E-state index contributed by atoms with van der Waals surface area (Å²) in [6.45, 7) is 0. The fourth-order valence-electron chi connectivity index (χ4n) is 8.18. The number of anilines is 3. The van der Waals surface area contributed by atoms with Gasteiger partial charge in [0, 0.05) is 33.4 Å². The second kappa shape index (κ2) is 14.8. The lowest BCUT2D eigenvalue weighted by atomic mass is 9.60. The normalized spacial score (nSPS) is 11.4. The minimum absolute atomic E-state index is 0.192. The van der Waals surface area contributed by atoms with Gasteiger partial charge in [-0.1, -0.05) is 138 Å². The first kappa shape index (κ1) is 36.5. The molecule has 0 atom stereocenters. The predicted molar refractivity (Wildman–Crippen MR) is 255 cm³/mol. The Bertz CT molecular complexity index is 3170. The molecule has 0 aliphatic carbocycles. The van der Waals surface area contributed by atoms with Crippen molar-refractivity contribution in [2.45, 2.75) is 0 Å². The van der Waals surface area contributed by atoms with Crippen molar-refractivity contribution >= 4 is 116 Å². The van der Waals surface area contributed by atoms with Gasteiger partial charge < -0.3 is 9.32 Å². The Labute approximate surface area is 350 Å². The van der Waals surface area contributed by atoms with E-state index in [1.54, 1.807) is 0 Å². The van der Waals surface area contributed by atoms with E-state index in [-0.39, 0.29) is 16.4 Å². The predicted octanol–water partition coefficient (Wildman–Crippen LogP) is 8.85. The number of benzene rings is 9. The van der Waals surface area contributed by atoms with Crippen LogP contribution >= 0.6 is 0 Å². The summed E-state index contributed by atoms with van der Waals surface area (Å²) in [5, 5.41) is 4.60. The fraction of sp³-hybridized carbons (Fsp3) is 0. The van der Waals surface area contributed by atoms with Gasteiger partial charge in [-0.3, -0.25) is 0 Å². The smallest absolute Gasteiger partial charge is 0.143 e. The molecule has 9 aromatic carbocycles. The molecule has 0 bridgehead atoms. The Kier molecular flexibility index (Phi) is 9.18. The van der Waals surface area contributed by atoms with E-state index in [1.807, 2.05) is 30.3 Å². The van der Waals surface area contributed by atoms with Gasteiger partial charge in [0.15, 0.2) is 0 Å². The average molecular weight is 739 g/mol. The van der Waals surface area contributed by atoms with Gasteiger partial charge in [0.05, 0.1) is 0 Å². The molecule has 7 heteroatoms. The van der Waals surface area contributed by atoms with Crippen LogP contribution in [0.5, 0.6) is 0 Å². The summed E-state index contributed by atoms with van der Waals surface area (Å²) in [7, 11) is 31.4. The molecule has 2 nitrogen and oxygen atoms in total. The molecule has 1 heterocycles. The lowest BCUT2D eigenvalue weighted by molar-refractivity contribution is 0.670. The molecular formula is C52H30B5NO. The number of nitrogens with zero attached hydrogens (tertiary/aromatic N) is 1. The van der Waals surface area contributed by atoms with Crippen molar-refractivity contribution in [3.05, 3.63) is 182 Å². The number of rotatable bonds is 7. The van der Waals surface area contributed by atoms with Gasteiger partial charge in [-0.2, -0.15) is 0 Å². The van der Waals surface area contributed by atoms with E-state index < -0.39 is 0 Å². The summed E-state index contributed by atoms with van der Waals surface area (Å²) in [6, 6.07) is 63.5. The van der Waals surface area contributed by atoms with Crippen molar-refractivity contribution in [1.29, 1.82) is 0 Å². The third-order valence-electron chi connectivity index (χ3n) is 11.4. The third-order valence-corrected chi connectivity index (χ3v) is 11.4. The molecule has 0 fully saturated rings. The Morgan fingerprint density at radius 1 is 0.339 bits per heavy atom. The van der Waals surface area contributed by atoms with Crippen molar-refractivity contribution < 1.29 is 4.42 Å². The Hall–Kier alpha value is -6.84. The van der Waals surface area contributed by atoms with Crippen LogP contribution < -0.4 is 32.2 Å². The lowest BCUT2D eigenvalue weighted by Gasteiger charge is -2.27. The molecular weight excluding hydrogens is 709 g/mol. The second-order valence-electron chi connectivity index (χ2n) is 14.8. The van der Waals surface area contributed by atoms with E-state index in [1.165, 1.54) is 10.8 Å². The molecule has 0 amide bonds. The van der Waals surface area contributed by atoms with Crippen molar-refractivity contribution in [2.75, 3.05) is 4.90 Å². The molecule has 10 aromatic rings. The van der Waals surface area contributed by atoms with Gasteiger partial charge in [-0.05, 0) is 104 Å². The Morgan fingerprint density at radius 3 is 1.47 bits per heavy atom. The summed E-state index contributed by atoms with van der Waals surface area (Å²) < 4.78 is 6.46. The standard InChI is InChI=1S/C52H30B5NO/c53-47-46(48(54)50(56)51(57)49(47)55)35-19-26-41(27-20-35)58(39-22-15-32(16-23-39)37-14-13-31-7-4-5-10-36(31)29-37)40-24-17-33(18-25-40)38-21-28-45-44(30-38)43-12-6-11-42(52(43)59-45)34-8-2-1-3-9-34/h1-30H. The summed E-state index contributed by atoms with van der Waals surface area (Å²) in [6.07, 6.45) is 0. The van der Waals surface area contributed by atoms with Gasteiger partial charge >= 0.3 is 0 Å². The zero-order chi connectivity index (χ0) is 40.2. The van der Waals surface area contributed by atoms with Crippen LogP contribution in [0.4, 0.5) is 17.1 Å². The van der Waals surface area contributed by atoms with Crippen LogP contribution in [0.2, 0.25) is 0 Å². The SMILES string of the molecule is [B]c1c([B])c([B])c(-c2ccc(N(c3ccc(-c4ccc5ccccc5c4)cc3)c3ccc(-c4ccc5oc6c(-c7ccccc7)cccc6c5c4)cc3)cc2)c([B])c1[B]. The minimum Gasteiger partial charge on any atom is -0.455 e. The molecule has 10 radical (unpaired) electrons. The van der Waals surface area contributed by atoms with Crippen molar-refractivity contribution in [3.8, 4) is 44.5 Å². The van der Waals surface area contributed by atoms with Gasteiger partial charge in [-0.15, -0.1) is 16.4 Å². The van der Waals surface area contributed by atoms with Crippen LogP contribution in [-0.4, -0.2) is 39.2 Å². The average Bonchev–Trinajstić information content (AvgIpc) is 3.67. The molecule has 0 spiro atoms. The summed E-state index contributed by atoms with van der Waals surface area (Å²) >= 11 is 0. The molecule has 0 aliphatic rings. The first-order valence-electron chi connectivity index (χ1n) is 19.4. The summed E-state index contributed by atoms with van der Waals surface area (Å²) in [5.41, 5.74) is 14.0. The monoisotopic (exact) mass is 739 g/mol. The van der Waals surface area contributed by atoms with Crippen LogP contribution in [0, 0.1) is 0 Å². The lowest BCUT2D eigenvalue weighted by Crippen LogP contribution is -2.55. The van der Waals surface area contributed by atoms with Crippen LogP contribution in [-0.2, 0) is 0 Å². The fourth-order valence-corrected chi connectivity index (χ4v) is 8.18. The first-order chi connectivity index (χ1) is 28.8. The maximum Gasteiger partial charge on any atom is 0.143 e. The Morgan fingerprint density at radius 2 is 0.847 bits per heavy atom. The van der Waals surface area contributed by atoms with Gasteiger partial charge in [0.1, 0.15) is 50.4 Å². The number of hydrogen-bond acceptors (Lipinski definition) is 2. The van der Waals surface area contributed by atoms with Gasteiger partial charge in [0.25, 0.3) is 0 Å². The van der Waals surface area contributed by atoms with Gasteiger partial charge in [0.2, 0.25) is 0 Å². The minimum atomic E-state index is 0.192. The number of hydrogen-bond donors (Lipinski definition) is 0. The Balaban J connectivity index is 1.03. The highest BCUT2D eigenvalue weighted by Crippen LogP contribution is 2.40. The second-order valence-corrected chi connectivity index (χ2v) is 14.8. The quantitative estimate of drug-likeness (QED) is 0.152. The molecule has 10 rings (SSSR count). The van der Waals surface area contributed by atoms with Crippen molar-refractivity contribution in [1.82, 2.24) is 0 Å². The molecule has 0 saturated carbocycles. The summed E-state index contributed by atoms with van der Waals surface area (Å²) in [5.74, 6) is 0. The van der Waals surface area contributed by atoms with E-state index >= 15 is 0 Å². The zero-order valence-electron chi connectivity index (χ0n) is 32.1. The first-order valence-corrected chi connectivity index (χ1v) is 19.4. The third kappa shape index (κ3) is 6.48. The largest absolute Gasteiger partial charge is 0.455 e. The number of furan rings is 1. The van der Waals surface area contributed by atoms with E-state index in [2.05, 4.69) is 157 Å². The van der Waals surface area contributed by atoms with E-state index in [0.717, 1.165) is 77.9 Å². The van der Waals surface area contributed by atoms with Crippen LogP contribution in [0.1, 0.15) is 0 Å². The number of fused-ring (bicyclic) bond motifs is 4. The molecule has 0 saturated heterocycles. The number of para-hydroxylation sites is 1. The maximum atomic E-state index is 6.46. The molecule has 264 valence electrons. The van der Waals surface area contributed by atoms with Crippen LogP contribution in [0.3, 0.4) is 0 Å². The molecule has 0 aliphatic heterocycles. The molecule has 0 N–H and O–H groups in total. The highest BCUT2D eigenvalue weighted by atomic mass is 16.3. The van der Waals surface area contributed by atoms with Crippen LogP contribution in [0.15, 0.2) is 186 Å². The van der Waals surface area contributed by atoms with Crippen molar-refractivity contribution in [2.24, 2.45) is 0 Å². The highest BCUT2D eigenvalue weighted by molar-refractivity contribution is 6.68. The zero-order valence-corrected chi connectivity index (χ0v) is 32.1. The van der Waals surface area contributed by atoms with E-state index in [0.29, 0.717) is 16.5 Å². The summed E-state index contributed by atoms with van der Waals surface area (Å²) in [4.78, 5) is 2.23. The van der Waals surface area contributed by atoms with E-state index in [9.17, 15) is 0 Å². The highest BCUT2D eigenvalue weighted by Gasteiger charge is 2.17. The van der Waals surface area contributed by atoms with Gasteiger partial charge in [-0.25, -0.2) is 0 Å². The molecule has 1 aromatic heterocycles. The molecule has 0 unspecified atom stereocenters. The van der Waals surface area contributed by atoms with E-state index in [4.69, 9.17) is 43.6 Å². The van der Waals surface area contributed by atoms with Crippen molar-refractivity contribution in [3.63, 3.8) is 0 Å². The maximum absolute atomic E-state index is 6.46. The van der Waals surface area contributed by atoms with Crippen LogP contribution in [0.25, 0.3) is 77.2 Å². The molecule has 59 heavy (non-hydrogen) atoms.